The van der Waals surface area contributed by atoms with Crippen molar-refractivity contribution in [3.63, 3.8) is 0 Å². The highest BCUT2D eigenvalue weighted by atomic mass is 32.2. The number of hydrogen-bond donors (Lipinski definition) is 1. The van der Waals surface area contributed by atoms with Crippen molar-refractivity contribution in [1.29, 1.82) is 0 Å². The van der Waals surface area contributed by atoms with Crippen molar-refractivity contribution in [1.82, 2.24) is 9.88 Å². The molecule has 0 bridgehead atoms. The Morgan fingerprint density at radius 3 is 2.20 bits per heavy atom. The van der Waals surface area contributed by atoms with Crippen LogP contribution in [0.15, 0.2) is 84.0 Å². The zero-order valence-electron chi connectivity index (χ0n) is 16.8. The van der Waals surface area contributed by atoms with Crippen molar-refractivity contribution in [3.05, 3.63) is 84.6 Å². The Morgan fingerprint density at radius 2 is 1.53 bits per heavy atom. The molecule has 0 aliphatic carbocycles. The summed E-state index contributed by atoms with van der Waals surface area (Å²) in [5.74, 6) is 0. The first-order valence-electron chi connectivity index (χ1n) is 10.2. The second-order valence-corrected chi connectivity index (χ2v) is 9.01. The number of anilines is 2. The van der Waals surface area contributed by atoms with Gasteiger partial charge in [-0.3, -0.25) is 9.62 Å². The van der Waals surface area contributed by atoms with E-state index < -0.39 is 10.0 Å². The molecule has 1 aliphatic rings. The minimum atomic E-state index is -3.66. The fourth-order valence-electron chi connectivity index (χ4n) is 3.61. The van der Waals surface area contributed by atoms with Gasteiger partial charge in [0.05, 0.1) is 0 Å². The molecule has 156 valence electrons. The lowest BCUT2D eigenvalue weighted by Crippen LogP contribution is -2.46. The topological polar surface area (TPSA) is 65.5 Å². The zero-order chi connectivity index (χ0) is 20.8. The second-order valence-electron chi connectivity index (χ2n) is 7.38. The van der Waals surface area contributed by atoms with E-state index >= 15 is 0 Å². The first kappa shape index (κ1) is 20.4. The smallest absolute Gasteiger partial charge is 0.279 e. The Kier molecular flexibility index (Phi) is 6.30. The van der Waals surface area contributed by atoms with Gasteiger partial charge in [-0.2, -0.15) is 8.42 Å². The lowest BCUT2D eigenvalue weighted by Gasteiger charge is -2.36. The van der Waals surface area contributed by atoms with Gasteiger partial charge in [0.25, 0.3) is 10.0 Å². The molecule has 1 aliphatic heterocycles. The van der Waals surface area contributed by atoms with E-state index in [1.54, 1.807) is 12.1 Å². The maximum atomic E-state index is 12.4. The lowest BCUT2D eigenvalue weighted by molar-refractivity contribution is 0.261. The Hall–Kier alpha value is -2.90. The molecule has 0 unspecified atom stereocenters. The Balaban J connectivity index is 1.26. The van der Waals surface area contributed by atoms with E-state index in [1.807, 2.05) is 24.3 Å². The summed E-state index contributed by atoms with van der Waals surface area (Å²) < 4.78 is 27.3. The van der Waals surface area contributed by atoms with Crippen molar-refractivity contribution in [2.45, 2.75) is 11.4 Å². The summed E-state index contributed by atoms with van der Waals surface area (Å²) in [5.41, 5.74) is 3.03. The first-order valence-corrected chi connectivity index (χ1v) is 11.6. The number of rotatable bonds is 7. The number of aromatic nitrogens is 1. The lowest BCUT2D eigenvalue weighted by atomic mass is 10.1. The number of nitrogens with one attached hydrogen (secondary N) is 1. The summed E-state index contributed by atoms with van der Waals surface area (Å²) >= 11 is 0. The van der Waals surface area contributed by atoms with Crippen LogP contribution in [0, 0.1) is 0 Å². The fourth-order valence-corrected chi connectivity index (χ4v) is 4.62. The number of benzene rings is 2. The van der Waals surface area contributed by atoms with Gasteiger partial charge in [-0.05, 0) is 48.4 Å². The summed E-state index contributed by atoms with van der Waals surface area (Å²) in [6.45, 7) is 5.19. The third kappa shape index (κ3) is 5.17. The van der Waals surface area contributed by atoms with Crippen LogP contribution in [0.5, 0.6) is 0 Å². The van der Waals surface area contributed by atoms with Crippen LogP contribution in [0.2, 0.25) is 0 Å². The molecule has 0 amide bonds. The number of nitrogens with zero attached hydrogens (tertiary/aromatic N) is 3. The van der Waals surface area contributed by atoms with E-state index in [4.69, 9.17) is 0 Å². The molecule has 0 spiro atoms. The largest absolute Gasteiger partial charge is 0.369 e. The van der Waals surface area contributed by atoms with Crippen LogP contribution in [-0.2, 0) is 16.4 Å². The Labute approximate surface area is 178 Å². The molecule has 2 heterocycles. The summed E-state index contributed by atoms with van der Waals surface area (Å²) in [4.78, 5) is 8.82. The SMILES string of the molecule is O=S(=O)(Nc1ccc(CCN2CCN(c3ccccc3)CC2)cc1)c1ccccn1. The number of pyridine rings is 1. The van der Waals surface area contributed by atoms with E-state index in [1.165, 1.54) is 23.5 Å². The normalized spacial score (nSPS) is 15.1. The maximum absolute atomic E-state index is 12.4. The van der Waals surface area contributed by atoms with Gasteiger partial charge in [-0.1, -0.05) is 36.4 Å². The van der Waals surface area contributed by atoms with Crippen LogP contribution in [-0.4, -0.2) is 51.0 Å². The Bertz CT molecular complexity index is 1030. The highest BCUT2D eigenvalue weighted by Crippen LogP contribution is 2.17. The van der Waals surface area contributed by atoms with Crippen molar-refractivity contribution >= 4 is 21.4 Å². The third-order valence-electron chi connectivity index (χ3n) is 5.33. The van der Waals surface area contributed by atoms with Gasteiger partial charge in [0, 0.05) is 50.3 Å². The highest BCUT2D eigenvalue weighted by molar-refractivity contribution is 7.92. The minimum absolute atomic E-state index is 0.0173. The van der Waals surface area contributed by atoms with E-state index in [2.05, 4.69) is 49.8 Å². The monoisotopic (exact) mass is 422 g/mol. The molecule has 1 aromatic heterocycles. The molecule has 1 saturated heterocycles. The van der Waals surface area contributed by atoms with E-state index in [0.29, 0.717) is 5.69 Å². The van der Waals surface area contributed by atoms with Gasteiger partial charge in [0.15, 0.2) is 5.03 Å². The minimum Gasteiger partial charge on any atom is -0.369 e. The van der Waals surface area contributed by atoms with Crippen LogP contribution >= 0.6 is 0 Å². The van der Waals surface area contributed by atoms with Gasteiger partial charge in [0.2, 0.25) is 0 Å². The molecule has 30 heavy (non-hydrogen) atoms. The van der Waals surface area contributed by atoms with Crippen LogP contribution in [0.3, 0.4) is 0 Å². The zero-order valence-corrected chi connectivity index (χ0v) is 17.6. The van der Waals surface area contributed by atoms with Crippen LogP contribution in [0.4, 0.5) is 11.4 Å². The summed E-state index contributed by atoms with van der Waals surface area (Å²) in [6.07, 6.45) is 2.41. The molecular formula is C23H26N4O2S. The van der Waals surface area contributed by atoms with Crippen LogP contribution in [0.1, 0.15) is 5.56 Å². The van der Waals surface area contributed by atoms with Crippen LogP contribution in [0.25, 0.3) is 0 Å². The van der Waals surface area contributed by atoms with Crippen LogP contribution < -0.4 is 9.62 Å². The molecule has 0 atom stereocenters. The van der Waals surface area contributed by atoms with Crippen molar-refractivity contribution < 1.29 is 8.42 Å². The van der Waals surface area contributed by atoms with E-state index in [0.717, 1.165) is 39.1 Å². The summed E-state index contributed by atoms with van der Waals surface area (Å²) in [6, 6.07) is 23.0. The van der Waals surface area contributed by atoms with Gasteiger partial charge in [-0.15, -0.1) is 0 Å². The molecule has 1 fully saturated rings. The van der Waals surface area contributed by atoms with Gasteiger partial charge in [-0.25, -0.2) is 4.98 Å². The molecule has 7 heteroatoms. The average Bonchev–Trinajstić information content (AvgIpc) is 2.80. The average molecular weight is 423 g/mol. The van der Waals surface area contributed by atoms with Gasteiger partial charge in [0.1, 0.15) is 0 Å². The maximum Gasteiger partial charge on any atom is 0.279 e. The van der Waals surface area contributed by atoms with Crippen molar-refractivity contribution in [2.24, 2.45) is 0 Å². The summed E-state index contributed by atoms with van der Waals surface area (Å²) in [5, 5.41) is 0.0173. The standard InChI is InChI=1S/C23H26N4O2S/c28-30(29,23-8-4-5-14-24-23)25-21-11-9-20(10-12-21)13-15-26-16-18-27(19-17-26)22-6-2-1-3-7-22/h1-12,14,25H,13,15-19H2. The third-order valence-corrected chi connectivity index (χ3v) is 6.63. The molecule has 0 radical (unpaired) electrons. The van der Waals surface area contributed by atoms with Crippen molar-refractivity contribution in [3.8, 4) is 0 Å². The number of sulfonamides is 1. The second kappa shape index (κ2) is 9.28. The quantitative estimate of drug-likeness (QED) is 0.633. The number of para-hydroxylation sites is 1. The van der Waals surface area contributed by atoms with Gasteiger partial charge >= 0.3 is 0 Å². The highest BCUT2D eigenvalue weighted by Gasteiger charge is 2.17. The predicted molar refractivity (Wildman–Crippen MR) is 120 cm³/mol. The fraction of sp³-hybridized carbons (Fsp3) is 0.261. The molecular weight excluding hydrogens is 396 g/mol. The van der Waals surface area contributed by atoms with Crippen molar-refractivity contribution in [2.75, 3.05) is 42.3 Å². The van der Waals surface area contributed by atoms with E-state index in [9.17, 15) is 8.42 Å². The molecule has 3 aromatic rings. The Morgan fingerprint density at radius 1 is 0.833 bits per heavy atom. The first-order chi connectivity index (χ1) is 14.6. The van der Waals surface area contributed by atoms with E-state index in [-0.39, 0.29) is 5.03 Å². The number of piperazine rings is 1. The molecule has 2 aromatic carbocycles. The predicted octanol–water partition coefficient (Wildman–Crippen LogP) is 3.25. The summed E-state index contributed by atoms with van der Waals surface area (Å²) in [7, 11) is -3.66. The molecule has 0 saturated carbocycles. The molecule has 6 nitrogen and oxygen atoms in total. The molecule has 1 N–H and O–H groups in total. The molecule has 4 rings (SSSR count). The number of hydrogen-bond acceptors (Lipinski definition) is 5. The van der Waals surface area contributed by atoms with Gasteiger partial charge < -0.3 is 4.90 Å².